The minimum atomic E-state index is 0.838. The van der Waals surface area contributed by atoms with Gasteiger partial charge in [-0.15, -0.1) is 11.8 Å². The summed E-state index contributed by atoms with van der Waals surface area (Å²) in [6.45, 7) is 4.12. The van der Waals surface area contributed by atoms with Crippen molar-refractivity contribution in [3.05, 3.63) is 53.0 Å². The average Bonchev–Trinajstić information content (AvgIpc) is 2.38. The molecular weight excluding hydrogens is 254 g/mol. The van der Waals surface area contributed by atoms with Crippen LogP contribution in [0.1, 0.15) is 22.6 Å². The lowest BCUT2D eigenvalue weighted by Crippen LogP contribution is -2.00. The monoisotopic (exact) mass is 273 g/mol. The van der Waals surface area contributed by atoms with Gasteiger partial charge in [-0.25, -0.2) is 9.97 Å². The van der Waals surface area contributed by atoms with Crippen molar-refractivity contribution >= 4 is 17.6 Å². The third kappa shape index (κ3) is 4.24. The van der Waals surface area contributed by atoms with Crippen LogP contribution in [0.25, 0.3) is 0 Å². The minimum absolute atomic E-state index is 0.838. The van der Waals surface area contributed by atoms with Gasteiger partial charge in [0, 0.05) is 24.6 Å². The fraction of sp³-hybridized carbons (Fsp3) is 0.333. The molecule has 4 heteroatoms. The smallest absolute Gasteiger partial charge is 0.140 e. The van der Waals surface area contributed by atoms with Crippen LogP contribution >= 0.6 is 11.8 Å². The molecule has 100 valence electrons. The van der Waals surface area contributed by atoms with Crippen molar-refractivity contribution < 1.29 is 0 Å². The van der Waals surface area contributed by atoms with Crippen LogP contribution in [0.3, 0.4) is 0 Å². The van der Waals surface area contributed by atoms with Gasteiger partial charge in [-0.05, 0) is 19.4 Å². The Morgan fingerprint density at radius 3 is 2.68 bits per heavy atom. The number of rotatable bonds is 5. The van der Waals surface area contributed by atoms with E-state index in [0.717, 1.165) is 28.8 Å². The van der Waals surface area contributed by atoms with Crippen molar-refractivity contribution in [2.45, 2.75) is 25.4 Å². The van der Waals surface area contributed by atoms with Gasteiger partial charge >= 0.3 is 0 Å². The summed E-state index contributed by atoms with van der Waals surface area (Å²) < 4.78 is 0. The van der Waals surface area contributed by atoms with E-state index in [0.29, 0.717) is 0 Å². The summed E-state index contributed by atoms with van der Waals surface area (Å²) in [5.74, 6) is 3.61. The molecule has 0 unspecified atom stereocenters. The van der Waals surface area contributed by atoms with E-state index in [1.54, 1.807) is 0 Å². The molecule has 0 spiro atoms. The second-order valence-corrected chi connectivity index (χ2v) is 5.53. The first-order valence-electron chi connectivity index (χ1n) is 6.33. The summed E-state index contributed by atoms with van der Waals surface area (Å²) in [6.07, 6.45) is 0. The van der Waals surface area contributed by atoms with E-state index in [1.165, 1.54) is 11.1 Å². The first-order chi connectivity index (χ1) is 9.17. The van der Waals surface area contributed by atoms with Crippen LogP contribution < -0.4 is 5.32 Å². The fourth-order valence-electron chi connectivity index (χ4n) is 1.88. The van der Waals surface area contributed by atoms with Crippen molar-refractivity contribution in [1.29, 1.82) is 0 Å². The molecule has 0 saturated heterocycles. The molecule has 1 aromatic carbocycles. The van der Waals surface area contributed by atoms with Crippen LogP contribution in [0, 0.1) is 13.8 Å². The van der Waals surface area contributed by atoms with Crippen molar-refractivity contribution in [2.24, 2.45) is 0 Å². The Bertz CT molecular complexity index is 555. The summed E-state index contributed by atoms with van der Waals surface area (Å²) >= 11 is 1.84. The minimum Gasteiger partial charge on any atom is -0.373 e. The molecule has 2 rings (SSSR count). The van der Waals surface area contributed by atoms with E-state index in [9.17, 15) is 0 Å². The number of hydrogen-bond donors (Lipinski definition) is 1. The Morgan fingerprint density at radius 1 is 1.11 bits per heavy atom. The summed E-state index contributed by atoms with van der Waals surface area (Å²) in [6, 6.07) is 10.6. The molecular formula is C15H19N3S. The van der Waals surface area contributed by atoms with Gasteiger partial charge in [0.15, 0.2) is 0 Å². The van der Waals surface area contributed by atoms with Crippen molar-refractivity contribution in [3.63, 3.8) is 0 Å². The first kappa shape index (κ1) is 13.9. The Balaban J connectivity index is 1.94. The number of nitrogens with one attached hydrogen (secondary N) is 1. The highest BCUT2D eigenvalue weighted by molar-refractivity contribution is 7.97. The molecule has 0 atom stereocenters. The highest BCUT2D eigenvalue weighted by Crippen LogP contribution is 2.18. The molecule has 1 heterocycles. The normalized spacial score (nSPS) is 10.5. The van der Waals surface area contributed by atoms with Crippen molar-refractivity contribution in [2.75, 3.05) is 12.4 Å². The van der Waals surface area contributed by atoms with Gasteiger partial charge in [-0.2, -0.15) is 0 Å². The molecule has 3 nitrogen and oxygen atoms in total. The zero-order chi connectivity index (χ0) is 13.7. The summed E-state index contributed by atoms with van der Waals surface area (Å²) in [4.78, 5) is 8.92. The van der Waals surface area contributed by atoms with E-state index in [-0.39, 0.29) is 0 Å². The molecule has 0 amide bonds. The fourth-order valence-corrected chi connectivity index (χ4v) is 2.71. The van der Waals surface area contributed by atoms with Crippen LogP contribution in [0.2, 0.25) is 0 Å². The molecule has 0 radical (unpaired) electrons. The van der Waals surface area contributed by atoms with Crippen LogP contribution in [0.15, 0.2) is 30.3 Å². The molecule has 0 fully saturated rings. The largest absolute Gasteiger partial charge is 0.373 e. The quantitative estimate of drug-likeness (QED) is 0.903. The molecule has 19 heavy (non-hydrogen) atoms. The molecule has 0 bridgehead atoms. The van der Waals surface area contributed by atoms with Gasteiger partial charge in [-0.1, -0.05) is 29.8 Å². The van der Waals surface area contributed by atoms with Gasteiger partial charge in [0.05, 0.1) is 5.75 Å². The second-order valence-electron chi connectivity index (χ2n) is 4.54. The zero-order valence-corrected chi connectivity index (χ0v) is 12.4. The number of aryl methyl sites for hydroxylation is 2. The molecule has 0 aliphatic rings. The number of hydrogen-bond acceptors (Lipinski definition) is 4. The van der Waals surface area contributed by atoms with E-state index in [4.69, 9.17) is 0 Å². The maximum atomic E-state index is 4.46. The molecule has 0 aliphatic carbocycles. The van der Waals surface area contributed by atoms with Crippen molar-refractivity contribution in [1.82, 2.24) is 9.97 Å². The lowest BCUT2D eigenvalue weighted by atomic mass is 10.2. The van der Waals surface area contributed by atoms with E-state index < -0.39 is 0 Å². The Kier molecular flexibility index (Phi) is 4.80. The van der Waals surface area contributed by atoms with E-state index in [2.05, 4.69) is 46.5 Å². The molecule has 0 aliphatic heterocycles. The predicted octanol–water partition coefficient (Wildman–Crippen LogP) is 3.57. The maximum absolute atomic E-state index is 4.46. The van der Waals surface area contributed by atoms with Crippen molar-refractivity contribution in [3.8, 4) is 0 Å². The number of benzene rings is 1. The number of nitrogens with zero attached hydrogens (tertiary/aromatic N) is 2. The SMILES string of the molecule is CNc1cc(C)nc(CSCc2cccc(C)c2)n1. The molecule has 2 aromatic rings. The van der Waals surface area contributed by atoms with Crippen LogP contribution in [0.4, 0.5) is 5.82 Å². The van der Waals surface area contributed by atoms with E-state index >= 15 is 0 Å². The zero-order valence-electron chi connectivity index (χ0n) is 11.6. The van der Waals surface area contributed by atoms with Gasteiger partial charge in [-0.3, -0.25) is 0 Å². The predicted molar refractivity (Wildman–Crippen MR) is 82.5 cm³/mol. The lowest BCUT2D eigenvalue weighted by Gasteiger charge is -2.06. The number of aromatic nitrogens is 2. The third-order valence-electron chi connectivity index (χ3n) is 2.74. The van der Waals surface area contributed by atoms with Gasteiger partial charge in [0.1, 0.15) is 11.6 Å². The Labute approximate surface area is 118 Å². The van der Waals surface area contributed by atoms with Crippen LogP contribution in [0.5, 0.6) is 0 Å². The Hall–Kier alpha value is -1.55. The van der Waals surface area contributed by atoms with Crippen LogP contribution in [-0.2, 0) is 11.5 Å². The Morgan fingerprint density at radius 2 is 1.95 bits per heavy atom. The highest BCUT2D eigenvalue weighted by atomic mass is 32.2. The second kappa shape index (κ2) is 6.57. The van der Waals surface area contributed by atoms with Gasteiger partial charge in [0.25, 0.3) is 0 Å². The van der Waals surface area contributed by atoms with Gasteiger partial charge < -0.3 is 5.32 Å². The summed E-state index contributed by atoms with van der Waals surface area (Å²) in [5.41, 5.74) is 3.67. The maximum Gasteiger partial charge on any atom is 0.140 e. The molecule has 0 saturated carbocycles. The van der Waals surface area contributed by atoms with Gasteiger partial charge in [0.2, 0.25) is 0 Å². The summed E-state index contributed by atoms with van der Waals surface area (Å²) in [5, 5.41) is 3.06. The topological polar surface area (TPSA) is 37.8 Å². The standard InChI is InChI=1S/C15H19N3S/c1-11-5-4-6-13(7-11)9-19-10-15-17-12(2)8-14(16-3)18-15/h4-8H,9-10H2,1-3H3,(H,16,17,18). The third-order valence-corrected chi connectivity index (χ3v) is 3.74. The highest BCUT2D eigenvalue weighted by Gasteiger charge is 2.02. The average molecular weight is 273 g/mol. The number of thioether (sulfide) groups is 1. The van der Waals surface area contributed by atoms with E-state index in [1.807, 2.05) is 31.8 Å². The van der Waals surface area contributed by atoms with Crippen LogP contribution in [-0.4, -0.2) is 17.0 Å². The molecule has 1 N–H and O–H groups in total. The number of anilines is 1. The summed E-state index contributed by atoms with van der Waals surface area (Å²) in [7, 11) is 1.88. The lowest BCUT2D eigenvalue weighted by molar-refractivity contribution is 0.996. The first-order valence-corrected chi connectivity index (χ1v) is 7.48. The molecule has 1 aromatic heterocycles.